The number of hydrogen-bond donors (Lipinski definition) is 0. The highest BCUT2D eigenvalue weighted by Crippen LogP contribution is 2.22. The highest BCUT2D eigenvalue weighted by molar-refractivity contribution is 6.09. The largest absolute Gasteiger partial charge is 0.289 e. The van der Waals surface area contributed by atoms with E-state index in [0.717, 1.165) is 0 Å². The van der Waals surface area contributed by atoms with Gasteiger partial charge in [-0.1, -0.05) is 43.0 Å². The van der Waals surface area contributed by atoms with Crippen LogP contribution in [0.15, 0.2) is 55.1 Å². The van der Waals surface area contributed by atoms with E-state index in [9.17, 15) is 14.9 Å². The molecule has 0 heterocycles. The lowest BCUT2D eigenvalue weighted by Gasteiger charge is -2.03. The second-order valence-corrected chi connectivity index (χ2v) is 3.93. The van der Waals surface area contributed by atoms with Crippen molar-refractivity contribution in [2.45, 2.75) is 0 Å². The molecule has 0 aliphatic rings. The number of carbonyl (C=O) groups excluding carboxylic acids is 1. The molecule has 0 N–H and O–H groups in total. The Morgan fingerprint density at radius 3 is 2.37 bits per heavy atom. The van der Waals surface area contributed by atoms with Crippen LogP contribution in [0.5, 0.6) is 0 Å². The average molecular weight is 253 g/mol. The highest BCUT2D eigenvalue weighted by Gasteiger charge is 2.15. The average Bonchev–Trinajstić information content (AvgIpc) is 2.46. The normalized spacial score (nSPS) is 9.89. The van der Waals surface area contributed by atoms with E-state index < -0.39 is 4.92 Å². The Kier molecular flexibility index (Phi) is 3.52. The lowest BCUT2D eigenvalue weighted by Crippen LogP contribution is -2.02. The molecular weight excluding hydrogens is 242 g/mol. The van der Waals surface area contributed by atoms with Crippen molar-refractivity contribution < 1.29 is 9.72 Å². The molecule has 0 aliphatic heterocycles. The summed E-state index contributed by atoms with van der Waals surface area (Å²) in [6.45, 7) is 3.53. The summed E-state index contributed by atoms with van der Waals surface area (Å²) >= 11 is 0. The summed E-state index contributed by atoms with van der Waals surface area (Å²) in [6, 6.07) is 13.0. The fraction of sp³-hybridized carbons (Fsp3) is 0. The number of benzene rings is 2. The Labute approximate surface area is 110 Å². The van der Waals surface area contributed by atoms with Gasteiger partial charge in [-0.05, 0) is 12.1 Å². The maximum Gasteiger partial charge on any atom is 0.276 e. The van der Waals surface area contributed by atoms with Gasteiger partial charge in [0.2, 0.25) is 0 Å². The number of carbonyl (C=O) groups is 1. The quantitative estimate of drug-likeness (QED) is 0.476. The van der Waals surface area contributed by atoms with Gasteiger partial charge in [0.05, 0.1) is 10.5 Å². The zero-order valence-electron chi connectivity index (χ0n) is 10.1. The Morgan fingerprint density at radius 2 is 1.79 bits per heavy atom. The van der Waals surface area contributed by atoms with Crippen molar-refractivity contribution in [1.82, 2.24) is 0 Å². The van der Waals surface area contributed by atoms with Crippen molar-refractivity contribution in [2.24, 2.45) is 0 Å². The molecule has 4 heteroatoms. The van der Waals surface area contributed by atoms with E-state index in [4.69, 9.17) is 0 Å². The first-order chi connectivity index (χ1) is 9.13. The van der Waals surface area contributed by atoms with Gasteiger partial charge in [0.1, 0.15) is 0 Å². The second-order valence-electron chi connectivity index (χ2n) is 3.93. The predicted molar refractivity (Wildman–Crippen MR) is 73.1 cm³/mol. The minimum absolute atomic E-state index is 0.0559. The molecule has 0 saturated carbocycles. The minimum Gasteiger partial charge on any atom is -0.289 e. The van der Waals surface area contributed by atoms with E-state index in [1.165, 1.54) is 24.3 Å². The molecule has 2 rings (SSSR count). The summed E-state index contributed by atoms with van der Waals surface area (Å²) in [6.07, 6.45) is 1.37. The van der Waals surface area contributed by atoms with Crippen LogP contribution in [-0.2, 0) is 0 Å². The Morgan fingerprint density at radius 1 is 1.11 bits per heavy atom. The summed E-state index contributed by atoms with van der Waals surface area (Å²) in [5, 5.41) is 10.8. The summed E-state index contributed by atoms with van der Waals surface area (Å²) in [7, 11) is 0. The van der Waals surface area contributed by atoms with Crippen molar-refractivity contribution in [2.75, 3.05) is 0 Å². The van der Waals surface area contributed by atoms with Gasteiger partial charge in [0.25, 0.3) is 5.69 Å². The Balaban J connectivity index is 2.45. The van der Waals surface area contributed by atoms with Crippen molar-refractivity contribution in [3.63, 3.8) is 0 Å². The maximum atomic E-state index is 12.2. The fourth-order valence-corrected chi connectivity index (χ4v) is 1.78. The lowest BCUT2D eigenvalue weighted by atomic mass is 10.0. The van der Waals surface area contributed by atoms with E-state index in [2.05, 4.69) is 6.58 Å². The number of nitrogens with zero attached hydrogens (tertiary/aromatic N) is 1. The van der Waals surface area contributed by atoms with Gasteiger partial charge in [-0.25, -0.2) is 0 Å². The topological polar surface area (TPSA) is 60.2 Å². The maximum absolute atomic E-state index is 12.2. The standard InChI is InChI=1S/C15H11NO3/c1-2-11-10-13(8-9-14(11)16(18)19)15(17)12-6-4-3-5-7-12/h2-10H,1H2. The van der Waals surface area contributed by atoms with Crippen LogP contribution in [0.3, 0.4) is 0 Å². The monoisotopic (exact) mass is 253 g/mol. The smallest absolute Gasteiger partial charge is 0.276 e. The van der Waals surface area contributed by atoms with Crippen molar-refractivity contribution >= 4 is 17.5 Å². The molecule has 0 spiro atoms. The highest BCUT2D eigenvalue weighted by atomic mass is 16.6. The van der Waals surface area contributed by atoms with Gasteiger partial charge in [-0.2, -0.15) is 0 Å². The van der Waals surface area contributed by atoms with E-state index in [0.29, 0.717) is 16.7 Å². The van der Waals surface area contributed by atoms with E-state index in [1.54, 1.807) is 24.3 Å². The van der Waals surface area contributed by atoms with Gasteiger partial charge in [0, 0.05) is 17.2 Å². The van der Waals surface area contributed by atoms with Gasteiger partial charge in [-0.15, -0.1) is 0 Å². The molecule has 94 valence electrons. The van der Waals surface area contributed by atoms with Crippen molar-refractivity contribution in [1.29, 1.82) is 0 Å². The first-order valence-corrected chi connectivity index (χ1v) is 5.64. The van der Waals surface area contributed by atoms with Crippen LogP contribution in [0, 0.1) is 10.1 Å². The third kappa shape index (κ3) is 2.57. The van der Waals surface area contributed by atoms with Crippen LogP contribution in [-0.4, -0.2) is 10.7 Å². The third-order valence-corrected chi connectivity index (χ3v) is 2.74. The van der Waals surface area contributed by atoms with Gasteiger partial charge < -0.3 is 0 Å². The van der Waals surface area contributed by atoms with Crippen LogP contribution in [0.4, 0.5) is 5.69 Å². The van der Waals surface area contributed by atoms with Crippen LogP contribution in [0.25, 0.3) is 6.08 Å². The summed E-state index contributed by atoms with van der Waals surface area (Å²) < 4.78 is 0. The molecule has 0 saturated heterocycles. The molecule has 2 aromatic carbocycles. The summed E-state index contributed by atoms with van der Waals surface area (Å²) in [5.41, 5.74) is 1.24. The molecule has 4 nitrogen and oxygen atoms in total. The van der Waals surface area contributed by atoms with Gasteiger partial charge in [-0.3, -0.25) is 14.9 Å². The molecule has 0 unspecified atom stereocenters. The molecule has 19 heavy (non-hydrogen) atoms. The number of rotatable bonds is 4. The van der Waals surface area contributed by atoms with Crippen LogP contribution in [0.2, 0.25) is 0 Å². The first-order valence-electron chi connectivity index (χ1n) is 5.64. The first kappa shape index (κ1) is 12.7. The molecule has 0 bridgehead atoms. The second kappa shape index (κ2) is 5.27. The summed E-state index contributed by atoms with van der Waals surface area (Å²) in [4.78, 5) is 22.5. The molecule has 0 amide bonds. The van der Waals surface area contributed by atoms with Gasteiger partial charge in [0.15, 0.2) is 5.78 Å². The molecular formula is C15H11NO3. The number of hydrogen-bond acceptors (Lipinski definition) is 3. The van der Waals surface area contributed by atoms with Crippen LogP contribution in [0.1, 0.15) is 21.5 Å². The van der Waals surface area contributed by atoms with E-state index in [1.807, 2.05) is 6.07 Å². The molecule has 0 aliphatic carbocycles. The molecule has 0 radical (unpaired) electrons. The lowest BCUT2D eigenvalue weighted by molar-refractivity contribution is -0.385. The van der Waals surface area contributed by atoms with Gasteiger partial charge >= 0.3 is 0 Å². The fourth-order valence-electron chi connectivity index (χ4n) is 1.78. The molecule has 0 aromatic heterocycles. The third-order valence-electron chi connectivity index (χ3n) is 2.74. The number of ketones is 1. The number of nitro groups is 1. The predicted octanol–water partition coefficient (Wildman–Crippen LogP) is 3.47. The molecule has 0 fully saturated rings. The van der Waals surface area contributed by atoms with Crippen LogP contribution >= 0.6 is 0 Å². The van der Waals surface area contributed by atoms with E-state index >= 15 is 0 Å². The minimum atomic E-state index is -0.492. The Bertz CT molecular complexity index is 648. The summed E-state index contributed by atoms with van der Waals surface area (Å²) in [5.74, 6) is -0.168. The van der Waals surface area contributed by atoms with Crippen molar-refractivity contribution in [3.8, 4) is 0 Å². The molecule has 0 atom stereocenters. The van der Waals surface area contributed by atoms with Crippen LogP contribution < -0.4 is 0 Å². The number of nitro benzene ring substituents is 1. The zero-order valence-corrected chi connectivity index (χ0v) is 10.1. The zero-order chi connectivity index (χ0) is 13.8. The van der Waals surface area contributed by atoms with Crippen molar-refractivity contribution in [3.05, 3.63) is 81.9 Å². The molecule has 2 aromatic rings. The Hall–Kier alpha value is -2.75. The van der Waals surface area contributed by atoms with E-state index in [-0.39, 0.29) is 11.5 Å². The SMILES string of the molecule is C=Cc1cc(C(=O)c2ccccc2)ccc1[N+](=O)[O-].